The molecule has 2 aromatic carbocycles. The molecule has 21 heavy (non-hydrogen) atoms. The molecule has 0 spiro atoms. The van der Waals surface area contributed by atoms with Gasteiger partial charge in [0.15, 0.2) is 0 Å². The third kappa shape index (κ3) is 3.73. The molecule has 0 aliphatic rings. The molecule has 0 amide bonds. The maximum atomic E-state index is 13.6. The Bertz CT molecular complexity index is 629. The highest BCUT2D eigenvalue weighted by Gasteiger charge is 2.19. The van der Waals surface area contributed by atoms with Crippen LogP contribution in [0.3, 0.4) is 0 Å². The van der Waals surface area contributed by atoms with E-state index in [0.717, 1.165) is 5.56 Å². The molecule has 0 fully saturated rings. The van der Waals surface area contributed by atoms with Gasteiger partial charge in [0.25, 0.3) is 0 Å². The Morgan fingerprint density at radius 1 is 0.905 bits per heavy atom. The van der Waals surface area contributed by atoms with Crippen LogP contribution in [0.5, 0.6) is 0 Å². The molecule has 0 aliphatic carbocycles. The molecule has 1 nitrogen and oxygen atoms in total. The van der Waals surface area contributed by atoms with Crippen molar-refractivity contribution in [3.05, 3.63) is 69.2 Å². The number of benzene rings is 2. The molecule has 2 atom stereocenters. The van der Waals surface area contributed by atoms with E-state index in [1.54, 1.807) is 12.1 Å². The van der Waals surface area contributed by atoms with Crippen LogP contribution in [0.1, 0.15) is 37.1 Å². The highest BCUT2D eigenvalue weighted by atomic mass is 35.5. The number of halogens is 4. The average molecular weight is 330 g/mol. The summed E-state index contributed by atoms with van der Waals surface area (Å²) in [5.74, 6) is -0.783. The van der Waals surface area contributed by atoms with Gasteiger partial charge in [0.1, 0.15) is 11.6 Å². The van der Waals surface area contributed by atoms with E-state index < -0.39 is 5.82 Å². The van der Waals surface area contributed by atoms with Crippen LogP contribution in [0.15, 0.2) is 36.4 Å². The van der Waals surface area contributed by atoms with Crippen LogP contribution in [-0.2, 0) is 0 Å². The minimum absolute atomic E-state index is 0.0220. The van der Waals surface area contributed by atoms with Crippen molar-refractivity contribution >= 4 is 23.2 Å². The van der Waals surface area contributed by atoms with E-state index in [1.807, 2.05) is 13.8 Å². The molecule has 0 bridgehead atoms. The van der Waals surface area contributed by atoms with Crippen molar-refractivity contribution < 1.29 is 8.78 Å². The number of nitrogens with one attached hydrogen (secondary N) is 1. The Hall–Kier alpha value is -1.16. The number of hydrogen-bond donors (Lipinski definition) is 1. The van der Waals surface area contributed by atoms with Gasteiger partial charge < -0.3 is 5.32 Å². The molecule has 0 heterocycles. The van der Waals surface area contributed by atoms with Gasteiger partial charge in [-0.3, -0.25) is 0 Å². The summed E-state index contributed by atoms with van der Waals surface area (Å²) in [7, 11) is 0. The summed E-state index contributed by atoms with van der Waals surface area (Å²) < 4.78 is 26.5. The van der Waals surface area contributed by atoms with Gasteiger partial charge in [-0.1, -0.05) is 35.3 Å². The highest BCUT2D eigenvalue weighted by molar-refractivity contribution is 6.36. The Balaban J connectivity index is 2.20. The lowest BCUT2D eigenvalue weighted by molar-refractivity contribution is 0.491. The van der Waals surface area contributed by atoms with Crippen molar-refractivity contribution in [3.63, 3.8) is 0 Å². The number of rotatable bonds is 4. The largest absolute Gasteiger partial charge is 0.304 e. The Kier molecular flexibility index (Phi) is 5.20. The fraction of sp³-hybridized carbons (Fsp3) is 0.250. The standard InChI is InChI=1S/C16H15Cl2F2N/c1-9(11-3-5-12(19)6-4-11)21-10(2)15-13(17)7-8-14(20)16(15)18/h3-10,21H,1-2H3/t9-,10?/m0/s1. The van der Waals surface area contributed by atoms with E-state index in [2.05, 4.69) is 5.32 Å². The Labute approximate surface area is 132 Å². The average Bonchev–Trinajstić information content (AvgIpc) is 2.44. The maximum Gasteiger partial charge on any atom is 0.142 e. The third-order valence-corrected chi connectivity index (χ3v) is 4.10. The van der Waals surface area contributed by atoms with Crippen LogP contribution < -0.4 is 5.32 Å². The van der Waals surface area contributed by atoms with Crippen LogP contribution in [-0.4, -0.2) is 0 Å². The molecule has 2 aromatic rings. The normalized spacial score (nSPS) is 14.0. The molecule has 1 N–H and O–H groups in total. The summed E-state index contributed by atoms with van der Waals surface area (Å²) in [4.78, 5) is 0. The lowest BCUT2D eigenvalue weighted by atomic mass is 10.0. The molecule has 0 radical (unpaired) electrons. The summed E-state index contributed by atoms with van der Waals surface area (Å²) in [6, 6.07) is 8.63. The van der Waals surface area contributed by atoms with Gasteiger partial charge in [0.05, 0.1) is 5.02 Å². The molecule has 0 saturated heterocycles. The summed E-state index contributed by atoms with van der Waals surface area (Å²) in [6.45, 7) is 3.79. The molecule has 0 saturated carbocycles. The quantitative estimate of drug-likeness (QED) is 0.711. The maximum absolute atomic E-state index is 13.6. The number of hydrogen-bond acceptors (Lipinski definition) is 1. The van der Waals surface area contributed by atoms with E-state index in [1.165, 1.54) is 24.3 Å². The monoisotopic (exact) mass is 329 g/mol. The van der Waals surface area contributed by atoms with Crippen molar-refractivity contribution in [2.45, 2.75) is 25.9 Å². The Morgan fingerprint density at radius 2 is 1.52 bits per heavy atom. The molecule has 0 aromatic heterocycles. The topological polar surface area (TPSA) is 12.0 Å². The second-order valence-electron chi connectivity index (χ2n) is 4.92. The summed E-state index contributed by atoms with van der Waals surface area (Å²) in [5, 5.41) is 3.71. The predicted octanol–water partition coefficient (Wildman–Crippen LogP) is 5.68. The molecule has 1 unspecified atom stereocenters. The molecular weight excluding hydrogens is 315 g/mol. The predicted molar refractivity (Wildman–Crippen MR) is 82.8 cm³/mol. The Morgan fingerprint density at radius 3 is 2.14 bits per heavy atom. The van der Waals surface area contributed by atoms with Crippen LogP contribution in [0.25, 0.3) is 0 Å². The van der Waals surface area contributed by atoms with E-state index in [-0.39, 0.29) is 22.9 Å². The van der Waals surface area contributed by atoms with Crippen molar-refractivity contribution in [1.29, 1.82) is 0 Å². The van der Waals surface area contributed by atoms with Gasteiger partial charge in [-0.25, -0.2) is 8.78 Å². The first-order valence-electron chi connectivity index (χ1n) is 6.55. The summed E-state index contributed by atoms with van der Waals surface area (Å²) in [5.41, 5.74) is 1.44. The van der Waals surface area contributed by atoms with Crippen molar-refractivity contribution in [2.75, 3.05) is 0 Å². The lowest BCUT2D eigenvalue weighted by Crippen LogP contribution is -2.23. The molecule has 5 heteroatoms. The lowest BCUT2D eigenvalue weighted by Gasteiger charge is -2.22. The zero-order valence-electron chi connectivity index (χ0n) is 11.6. The SMILES string of the molecule is CC(N[C@@H](C)c1ccc(F)cc1)c1c(Cl)ccc(F)c1Cl. The van der Waals surface area contributed by atoms with Crippen LogP contribution in [0.4, 0.5) is 8.78 Å². The fourth-order valence-electron chi connectivity index (χ4n) is 2.25. The first-order valence-corrected chi connectivity index (χ1v) is 7.30. The first-order chi connectivity index (χ1) is 9.90. The van der Waals surface area contributed by atoms with Crippen molar-refractivity contribution in [1.82, 2.24) is 5.32 Å². The van der Waals surface area contributed by atoms with Crippen LogP contribution in [0, 0.1) is 11.6 Å². The molecule has 0 aliphatic heterocycles. The van der Waals surface area contributed by atoms with E-state index in [4.69, 9.17) is 23.2 Å². The summed E-state index contributed by atoms with van der Waals surface area (Å²) in [6.07, 6.45) is 0. The van der Waals surface area contributed by atoms with Gasteiger partial charge in [0, 0.05) is 22.7 Å². The van der Waals surface area contributed by atoms with Crippen molar-refractivity contribution in [3.8, 4) is 0 Å². The zero-order valence-corrected chi connectivity index (χ0v) is 13.1. The van der Waals surface area contributed by atoms with Crippen molar-refractivity contribution in [2.24, 2.45) is 0 Å². The van der Waals surface area contributed by atoms with Gasteiger partial charge in [-0.05, 0) is 43.7 Å². The van der Waals surface area contributed by atoms with E-state index >= 15 is 0 Å². The summed E-state index contributed by atoms with van der Waals surface area (Å²) >= 11 is 12.1. The van der Waals surface area contributed by atoms with Gasteiger partial charge in [0.2, 0.25) is 0 Å². The second-order valence-corrected chi connectivity index (χ2v) is 5.70. The minimum Gasteiger partial charge on any atom is -0.304 e. The van der Waals surface area contributed by atoms with E-state index in [0.29, 0.717) is 10.6 Å². The third-order valence-electron chi connectivity index (χ3n) is 3.38. The van der Waals surface area contributed by atoms with Gasteiger partial charge in [-0.2, -0.15) is 0 Å². The first kappa shape index (κ1) is 16.2. The van der Waals surface area contributed by atoms with Gasteiger partial charge >= 0.3 is 0 Å². The van der Waals surface area contributed by atoms with Crippen LogP contribution in [0.2, 0.25) is 10.0 Å². The fourth-order valence-corrected chi connectivity index (χ4v) is 2.94. The zero-order chi connectivity index (χ0) is 15.6. The molecule has 2 rings (SSSR count). The van der Waals surface area contributed by atoms with E-state index in [9.17, 15) is 8.78 Å². The van der Waals surface area contributed by atoms with Crippen LogP contribution >= 0.6 is 23.2 Å². The molecule has 112 valence electrons. The second kappa shape index (κ2) is 6.73. The highest BCUT2D eigenvalue weighted by Crippen LogP contribution is 2.33. The molecular formula is C16H15Cl2F2N. The van der Waals surface area contributed by atoms with Gasteiger partial charge in [-0.15, -0.1) is 0 Å². The minimum atomic E-state index is -0.501. The smallest absolute Gasteiger partial charge is 0.142 e.